The van der Waals surface area contributed by atoms with E-state index in [4.69, 9.17) is 11.6 Å². The molecule has 0 saturated heterocycles. The largest absolute Gasteiger partial charge is 0.373 e. The van der Waals surface area contributed by atoms with Crippen molar-refractivity contribution in [2.45, 2.75) is 0 Å². The van der Waals surface area contributed by atoms with Gasteiger partial charge in [-0.1, -0.05) is 11.6 Å². The van der Waals surface area contributed by atoms with E-state index < -0.39 is 0 Å². The molecule has 2 aromatic heterocycles. The molecule has 0 fully saturated rings. The molecule has 4 nitrogen and oxygen atoms in total. The zero-order chi connectivity index (χ0) is 9.42. The first-order chi connectivity index (χ1) is 6.22. The van der Waals surface area contributed by atoms with Crippen molar-refractivity contribution >= 4 is 39.0 Å². The van der Waals surface area contributed by atoms with Crippen molar-refractivity contribution in [1.29, 1.82) is 0 Å². The van der Waals surface area contributed by atoms with Crippen LogP contribution in [-0.2, 0) is 0 Å². The second-order valence-electron chi connectivity index (χ2n) is 2.44. The quantitative estimate of drug-likeness (QED) is 0.800. The Hall–Kier alpha value is -0.810. The summed E-state index contributed by atoms with van der Waals surface area (Å²) in [5.74, 6) is 0.806. The van der Waals surface area contributed by atoms with Gasteiger partial charge >= 0.3 is 0 Å². The molecule has 0 bridgehead atoms. The maximum absolute atomic E-state index is 5.82. The Morgan fingerprint density at radius 2 is 2.38 bits per heavy atom. The first kappa shape index (κ1) is 8.77. The van der Waals surface area contributed by atoms with Crippen molar-refractivity contribution in [3.05, 3.63) is 21.9 Å². The van der Waals surface area contributed by atoms with Crippen molar-refractivity contribution in [3.63, 3.8) is 0 Å². The van der Waals surface area contributed by atoms with Crippen molar-refractivity contribution in [2.75, 3.05) is 12.4 Å². The SMILES string of the molecule is CNc1cc(Cl)nc2c(Br)cnn12. The fourth-order valence-corrected chi connectivity index (χ4v) is 1.62. The standard InChI is InChI=1S/C7H6BrClN4/c1-10-6-2-5(9)12-7-4(8)3-11-13(6)7/h2-3,10H,1H3. The van der Waals surface area contributed by atoms with E-state index in [1.165, 1.54) is 0 Å². The highest BCUT2D eigenvalue weighted by atomic mass is 79.9. The van der Waals surface area contributed by atoms with Gasteiger partial charge in [0.2, 0.25) is 0 Å². The molecular weight excluding hydrogens is 255 g/mol. The highest BCUT2D eigenvalue weighted by molar-refractivity contribution is 9.10. The lowest BCUT2D eigenvalue weighted by Gasteiger charge is -2.03. The lowest BCUT2D eigenvalue weighted by atomic mass is 10.5. The molecule has 1 N–H and O–H groups in total. The average molecular weight is 262 g/mol. The Kier molecular flexibility index (Phi) is 2.13. The fraction of sp³-hybridized carbons (Fsp3) is 0.143. The normalized spacial score (nSPS) is 10.7. The zero-order valence-corrected chi connectivity index (χ0v) is 9.09. The minimum absolute atomic E-state index is 0.443. The molecule has 6 heteroatoms. The molecule has 0 aliphatic rings. The monoisotopic (exact) mass is 260 g/mol. The van der Waals surface area contributed by atoms with Crippen LogP contribution in [-0.4, -0.2) is 21.6 Å². The molecule has 2 aromatic rings. The van der Waals surface area contributed by atoms with Gasteiger partial charge in [0.15, 0.2) is 5.65 Å². The summed E-state index contributed by atoms with van der Waals surface area (Å²) in [6, 6.07) is 1.72. The maximum Gasteiger partial charge on any atom is 0.173 e. The molecule has 2 heterocycles. The highest BCUT2D eigenvalue weighted by Gasteiger charge is 2.07. The molecule has 0 atom stereocenters. The van der Waals surface area contributed by atoms with Gasteiger partial charge in [-0.15, -0.1) is 0 Å². The van der Waals surface area contributed by atoms with Crippen LogP contribution in [0.5, 0.6) is 0 Å². The van der Waals surface area contributed by atoms with E-state index in [-0.39, 0.29) is 0 Å². The molecule has 0 aliphatic carbocycles. The van der Waals surface area contributed by atoms with Crippen LogP contribution in [0, 0.1) is 0 Å². The molecular formula is C7H6BrClN4. The van der Waals surface area contributed by atoms with Crippen molar-refractivity contribution in [3.8, 4) is 0 Å². The number of halogens is 2. The van der Waals surface area contributed by atoms with E-state index in [2.05, 4.69) is 31.3 Å². The number of anilines is 1. The van der Waals surface area contributed by atoms with Crippen molar-refractivity contribution in [2.24, 2.45) is 0 Å². The number of hydrogen-bond acceptors (Lipinski definition) is 3. The Balaban J connectivity index is 2.84. The number of aromatic nitrogens is 3. The Bertz CT molecular complexity index is 453. The number of rotatable bonds is 1. The topological polar surface area (TPSA) is 42.2 Å². The summed E-state index contributed by atoms with van der Waals surface area (Å²) in [6.07, 6.45) is 1.68. The second kappa shape index (κ2) is 3.16. The number of fused-ring (bicyclic) bond motifs is 1. The fourth-order valence-electron chi connectivity index (χ4n) is 1.08. The Labute approximate surface area is 88.0 Å². The lowest BCUT2D eigenvalue weighted by molar-refractivity contribution is 0.943. The average Bonchev–Trinajstić information content (AvgIpc) is 2.47. The summed E-state index contributed by atoms with van der Waals surface area (Å²) in [5, 5.41) is 7.54. The number of nitrogens with zero attached hydrogens (tertiary/aromatic N) is 3. The number of hydrogen-bond donors (Lipinski definition) is 1. The zero-order valence-electron chi connectivity index (χ0n) is 6.75. The first-order valence-corrected chi connectivity index (χ1v) is 4.77. The van der Waals surface area contributed by atoms with E-state index in [1.807, 2.05) is 0 Å². The maximum atomic E-state index is 5.82. The van der Waals surface area contributed by atoms with Gasteiger partial charge in [0, 0.05) is 13.1 Å². The van der Waals surface area contributed by atoms with E-state index >= 15 is 0 Å². The van der Waals surface area contributed by atoms with Crippen LogP contribution in [0.25, 0.3) is 5.65 Å². The summed E-state index contributed by atoms with van der Waals surface area (Å²) >= 11 is 9.15. The predicted octanol–water partition coefficient (Wildman–Crippen LogP) is 2.19. The van der Waals surface area contributed by atoms with E-state index in [0.717, 1.165) is 10.3 Å². The molecule has 0 aliphatic heterocycles. The minimum Gasteiger partial charge on any atom is -0.373 e. The molecule has 0 saturated carbocycles. The molecule has 0 amide bonds. The van der Waals surface area contributed by atoms with Gasteiger partial charge in [0.05, 0.1) is 10.7 Å². The van der Waals surface area contributed by atoms with Gasteiger partial charge in [-0.25, -0.2) is 4.98 Å². The van der Waals surface area contributed by atoms with Crippen molar-refractivity contribution < 1.29 is 0 Å². The molecule has 0 unspecified atom stereocenters. The third-order valence-electron chi connectivity index (χ3n) is 1.65. The summed E-state index contributed by atoms with van der Waals surface area (Å²) in [4.78, 5) is 4.12. The van der Waals surface area contributed by atoms with Crippen LogP contribution in [0.4, 0.5) is 5.82 Å². The van der Waals surface area contributed by atoms with Crippen molar-refractivity contribution in [1.82, 2.24) is 14.6 Å². The summed E-state index contributed by atoms with van der Waals surface area (Å²) in [7, 11) is 1.81. The van der Waals surface area contributed by atoms with Gasteiger partial charge in [0.1, 0.15) is 11.0 Å². The van der Waals surface area contributed by atoms with Gasteiger partial charge < -0.3 is 5.32 Å². The Morgan fingerprint density at radius 1 is 1.62 bits per heavy atom. The van der Waals surface area contributed by atoms with E-state index in [9.17, 15) is 0 Å². The van der Waals surface area contributed by atoms with Gasteiger partial charge in [-0.2, -0.15) is 9.61 Å². The first-order valence-electron chi connectivity index (χ1n) is 3.60. The predicted molar refractivity (Wildman–Crippen MR) is 55.2 cm³/mol. The van der Waals surface area contributed by atoms with Crippen LogP contribution in [0.2, 0.25) is 5.15 Å². The Morgan fingerprint density at radius 3 is 3.08 bits per heavy atom. The third-order valence-corrected chi connectivity index (χ3v) is 2.41. The number of nitrogens with one attached hydrogen (secondary N) is 1. The summed E-state index contributed by atoms with van der Waals surface area (Å²) < 4.78 is 2.50. The highest BCUT2D eigenvalue weighted by Crippen LogP contribution is 2.21. The van der Waals surface area contributed by atoms with Crippen LogP contribution >= 0.6 is 27.5 Å². The van der Waals surface area contributed by atoms with Gasteiger partial charge in [-0.05, 0) is 15.9 Å². The molecule has 2 rings (SSSR count). The molecule has 0 aromatic carbocycles. The minimum atomic E-state index is 0.443. The van der Waals surface area contributed by atoms with Gasteiger partial charge in [0.25, 0.3) is 0 Å². The van der Waals surface area contributed by atoms with Gasteiger partial charge in [-0.3, -0.25) is 0 Å². The smallest absolute Gasteiger partial charge is 0.173 e. The second-order valence-corrected chi connectivity index (χ2v) is 3.68. The summed E-state index contributed by atoms with van der Waals surface area (Å²) in [5.41, 5.74) is 0.705. The summed E-state index contributed by atoms with van der Waals surface area (Å²) in [6.45, 7) is 0. The van der Waals surface area contributed by atoms with Crippen LogP contribution in [0.1, 0.15) is 0 Å². The van der Waals surface area contributed by atoms with E-state index in [1.54, 1.807) is 23.8 Å². The van der Waals surface area contributed by atoms with E-state index in [0.29, 0.717) is 10.8 Å². The molecule has 68 valence electrons. The molecule has 13 heavy (non-hydrogen) atoms. The molecule has 0 spiro atoms. The molecule has 0 radical (unpaired) electrons. The van der Waals surface area contributed by atoms with Crippen LogP contribution in [0.15, 0.2) is 16.7 Å². The van der Waals surface area contributed by atoms with Crippen LogP contribution in [0.3, 0.4) is 0 Å². The lowest BCUT2D eigenvalue weighted by Crippen LogP contribution is -2.00. The van der Waals surface area contributed by atoms with Crippen LogP contribution < -0.4 is 5.32 Å². The third kappa shape index (κ3) is 1.38.